The van der Waals surface area contributed by atoms with Crippen molar-refractivity contribution < 1.29 is 0 Å². The van der Waals surface area contributed by atoms with Crippen molar-refractivity contribution in [3.63, 3.8) is 0 Å². The second-order valence-corrected chi connectivity index (χ2v) is 5.23. The van der Waals surface area contributed by atoms with Gasteiger partial charge in [0.1, 0.15) is 0 Å². The molecule has 3 nitrogen and oxygen atoms in total. The number of nitriles is 1. The lowest BCUT2D eigenvalue weighted by Crippen LogP contribution is -2.54. The quantitative estimate of drug-likeness (QED) is 0.883. The van der Waals surface area contributed by atoms with E-state index in [0.29, 0.717) is 18.5 Å². The van der Waals surface area contributed by atoms with Gasteiger partial charge in [0.15, 0.2) is 0 Å². The van der Waals surface area contributed by atoms with Crippen molar-refractivity contribution in [2.75, 3.05) is 13.1 Å². The van der Waals surface area contributed by atoms with E-state index in [1.807, 2.05) is 0 Å². The lowest BCUT2D eigenvalue weighted by Gasteiger charge is -2.38. The highest BCUT2D eigenvalue weighted by Gasteiger charge is 2.24. The molecule has 1 fully saturated rings. The molecule has 18 heavy (non-hydrogen) atoms. The van der Waals surface area contributed by atoms with E-state index in [2.05, 4.69) is 54.4 Å². The van der Waals surface area contributed by atoms with Crippen LogP contribution in [0.5, 0.6) is 0 Å². The van der Waals surface area contributed by atoms with E-state index in [-0.39, 0.29) is 0 Å². The van der Waals surface area contributed by atoms with Crippen LogP contribution in [0.3, 0.4) is 0 Å². The molecule has 1 heterocycles. The number of nitrogens with zero attached hydrogens (tertiary/aromatic N) is 2. The zero-order chi connectivity index (χ0) is 13.0. The van der Waals surface area contributed by atoms with Crippen molar-refractivity contribution in [1.29, 1.82) is 5.26 Å². The summed E-state index contributed by atoms with van der Waals surface area (Å²) in [5, 5.41) is 12.2. The average molecular weight is 243 g/mol. The molecule has 2 rings (SSSR count). The van der Waals surface area contributed by atoms with Crippen LogP contribution >= 0.6 is 0 Å². The molecule has 0 radical (unpaired) electrons. The molecule has 1 aliphatic heterocycles. The lowest BCUT2D eigenvalue weighted by molar-refractivity contribution is 0.134. The summed E-state index contributed by atoms with van der Waals surface area (Å²) in [7, 11) is 0. The Bertz CT molecular complexity index is 418. The van der Waals surface area contributed by atoms with E-state index < -0.39 is 0 Å². The largest absolute Gasteiger partial charge is 0.310 e. The molecular formula is C15H21N3. The summed E-state index contributed by atoms with van der Waals surface area (Å²) in [5.41, 5.74) is 2.65. The van der Waals surface area contributed by atoms with Crippen LogP contribution in [0.1, 0.15) is 24.5 Å². The number of hydrogen-bond donors (Lipinski definition) is 1. The lowest BCUT2D eigenvalue weighted by atomic mass is 10.1. The molecule has 1 saturated heterocycles. The van der Waals surface area contributed by atoms with Gasteiger partial charge in [-0.1, -0.05) is 29.8 Å². The molecule has 1 aromatic carbocycles. The molecule has 1 aliphatic rings. The van der Waals surface area contributed by atoms with Crippen molar-refractivity contribution in [3.8, 4) is 6.07 Å². The Morgan fingerprint density at radius 3 is 2.78 bits per heavy atom. The number of hydrogen-bond acceptors (Lipinski definition) is 3. The van der Waals surface area contributed by atoms with E-state index >= 15 is 0 Å². The highest BCUT2D eigenvalue weighted by Crippen LogP contribution is 2.14. The number of rotatable bonds is 3. The highest BCUT2D eigenvalue weighted by atomic mass is 15.2. The third kappa shape index (κ3) is 3.32. The van der Waals surface area contributed by atoms with Gasteiger partial charge in [0.25, 0.3) is 0 Å². The summed E-state index contributed by atoms with van der Waals surface area (Å²) in [5.74, 6) is 0. The number of aryl methyl sites for hydroxylation is 1. The summed E-state index contributed by atoms with van der Waals surface area (Å²) in [4.78, 5) is 2.46. The molecule has 0 saturated carbocycles. The SMILES string of the molecule is Cc1ccc(CN2CC(CC#N)NCC2C)cc1. The van der Waals surface area contributed by atoms with Crippen molar-refractivity contribution in [2.45, 2.75) is 38.9 Å². The summed E-state index contributed by atoms with van der Waals surface area (Å²) >= 11 is 0. The molecule has 0 aromatic heterocycles. The average Bonchev–Trinajstić information content (AvgIpc) is 2.36. The highest BCUT2D eigenvalue weighted by molar-refractivity contribution is 5.21. The summed E-state index contributed by atoms with van der Waals surface area (Å²) < 4.78 is 0. The van der Waals surface area contributed by atoms with Crippen LogP contribution in [-0.2, 0) is 6.54 Å². The maximum Gasteiger partial charge on any atom is 0.0638 e. The fourth-order valence-electron chi connectivity index (χ4n) is 2.39. The van der Waals surface area contributed by atoms with E-state index in [1.54, 1.807) is 0 Å². The number of nitrogens with one attached hydrogen (secondary N) is 1. The standard InChI is InChI=1S/C15H21N3/c1-12-3-5-14(6-4-12)10-18-11-15(7-8-16)17-9-13(18)2/h3-6,13,15,17H,7,9-11H2,1-2H3. The van der Waals surface area contributed by atoms with Gasteiger partial charge in [0.2, 0.25) is 0 Å². The van der Waals surface area contributed by atoms with Crippen LogP contribution in [0.25, 0.3) is 0 Å². The van der Waals surface area contributed by atoms with E-state index in [9.17, 15) is 0 Å². The van der Waals surface area contributed by atoms with Gasteiger partial charge in [0, 0.05) is 31.7 Å². The van der Waals surface area contributed by atoms with Crippen molar-refractivity contribution in [2.24, 2.45) is 0 Å². The first-order valence-corrected chi connectivity index (χ1v) is 6.59. The Kier molecular flexibility index (Phi) is 4.35. The van der Waals surface area contributed by atoms with Crippen molar-refractivity contribution in [1.82, 2.24) is 10.2 Å². The molecule has 1 N–H and O–H groups in total. The zero-order valence-electron chi connectivity index (χ0n) is 11.2. The Hall–Kier alpha value is -1.37. The fourth-order valence-corrected chi connectivity index (χ4v) is 2.39. The normalized spacial score (nSPS) is 24.7. The van der Waals surface area contributed by atoms with Crippen LogP contribution in [0, 0.1) is 18.3 Å². The monoisotopic (exact) mass is 243 g/mol. The van der Waals surface area contributed by atoms with Gasteiger partial charge < -0.3 is 5.32 Å². The van der Waals surface area contributed by atoms with Gasteiger partial charge in [-0.2, -0.15) is 5.26 Å². The first-order valence-electron chi connectivity index (χ1n) is 6.59. The molecule has 0 bridgehead atoms. The minimum atomic E-state index is 0.316. The zero-order valence-corrected chi connectivity index (χ0v) is 11.2. The van der Waals surface area contributed by atoms with Gasteiger partial charge in [0.05, 0.1) is 12.5 Å². The maximum atomic E-state index is 8.78. The minimum Gasteiger partial charge on any atom is -0.310 e. The summed E-state index contributed by atoms with van der Waals surface area (Å²) in [6.45, 7) is 7.26. The van der Waals surface area contributed by atoms with Gasteiger partial charge in [-0.25, -0.2) is 0 Å². The van der Waals surface area contributed by atoms with Gasteiger partial charge in [-0.3, -0.25) is 4.90 Å². The van der Waals surface area contributed by atoms with Crippen LogP contribution in [0.2, 0.25) is 0 Å². The molecule has 2 unspecified atom stereocenters. The van der Waals surface area contributed by atoms with Gasteiger partial charge in [-0.05, 0) is 19.4 Å². The van der Waals surface area contributed by atoms with E-state index in [0.717, 1.165) is 19.6 Å². The molecule has 2 atom stereocenters. The number of benzene rings is 1. The van der Waals surface area contributed by atoms with Gasteiger partial charge >= 0.3 is 0 Å². The first-order chi connectivity index (χ1) is 8.69. The Morgan fingerprint density at radius 2 is 2.11 bits per heavy atom. The summed E-state index contributed by atoms with van der Waals surface area (Å²) in [6, 6.07) is 11.8. The molecule has 0 amide bonds. The first kappa shape index (κ1) is 13.1. The van der Waals surface area contributed by atoms with Crippen molar-refractivity contribution >= 4 is 0 Å². The van der Waals surface area contributed by atoms with Crippen LogP contribution < -0.4 is 5.32 Å². The Labute approximate surface area is 109 Å². The third-order valence-corrected chi connectivity index (χ3v) is 3.62. The van der Waals surface area contributed by atoms with Crippen molar-refractivity contribution in [3.05, 3.63) is 35.4 Å². The minimum absolute atomic E-state index is 0.316. The molecule has 1 aromatic rings. The molecule has 96 valence electrons. The Morgan fingerprint density at radius 1 is 1.39 bits per heavy atom. The predicted octanol–water partition coefficient (Wildman–Crippen LogP) is 2.07. The van der Waals surface area contributed by atoms with Gasteiger partial charge in [-0.15, -0.1) is 0 Å². The Balaban J connectivity index is 1.98. The van der Waals surface area contributed by atoms with Crippen LogP contribution in [0.4, 0.5) is 0 Å². The second-order valence-electron chi connectivity index (χ2n) is 5.23. The molecular weight excluding hydrogens is 222 g/mol. The topological polar surface area (TPSA) is 39.1 Å². The molecule has 0 spiro atoms. The summed E-state index contributed by atoms with van der Waals surface area (Å²) in [6.07, 6.45) is 0.594. The van der Waals surface area contributed by atoms with E-state index in [1.165, 1.54) is 11.1 Å². The third-order valence-electron chi connectivity index (χ3n) is 3.62. The second kappa shape index (κ2) is 5.99. The predicted molar refractivity (Wildman–Crippen MR) is 73.1 cm³/mol. The van der Waals surface area contributed by atoms with Crippen LogP contribution in [-0.4, -0.2) is 30.1 Å². The smallest absolute Gasteiger partial charge is 0.0638 e. The van der Waals surface area contributed by atoms with Crippen LogP contribution in [0.15, 0.2) is 24.3 Å². The number of piperazine rings is 1. The van der Waals surface area contributed by atoms with E-state index in [4.69, 9.17) is 5.26 Å². The fraction of sp³-hybridized carbons (Fsp3) is 0.533. The molecule has 0 aliphatic carbocycles. The maximum absolute atomic E-state index is 8.78. The molecule has 3 heteroatoms.